The third kappa shape index (κ3) is 3.12. The van der Waals surface area contributed by atoms with Gasteiger partial charge in [0, 0.05) is 12.1 Å². The Labute approximate surface area is 143 Å². The van der Waals surface area contributed by atoms with Crippen molar-refractivity contribution in [1.29, 1.82) is 0 Å². The van der Waals surface area contributed by atoms with E-state index in [2.05, 4.69) is 5.32 Å². The van der Waals surface area contributed by atoms with E-state index in [-0.39, 0.29) is 23.6 Å². The zero-order valence-electron chi connectivity index (χ0n) is 14.3. The number of carbonyl (C=O) groups is 2. The van der Waals surface area contributed by atoms with Crippen molar-refractivity contribution >= 4 is 12.0 Å². The molecule has 1 saturated carbocycles. The molecule has 5 nitrogen and oxygen atoms in total. The normalized spacial score (nSPS) is 22.4. The molecule has 1 aliphatic carbocycles. The van der Waals surface area contributed by atoms with Crippen molar-refractivity contribution in [3.63, 3.8) is 0 Å². The fourth-order valence-electron chi connectivity index (χ4n) is 4.23. The lowest BCUT2D eigenvalue weighted by Crippen LogP contribution is -2.59. The van der Waals surface area contributed by atoms with Crippen LogP contribution in [0.3, 0.4) is 0 Å². The highest BCUT2D eigenvalue weighted by Gasteiger charge is 2.52. The molecule has 1 N–H and O–H groups in total. The first-order chi connectivity index (χ1) is 11.7. The maximum atomic E-state index is 12.6. The Balaban J connectivity index is 1.79. The van der Waals surface area contributed by atoms with Crippen LogP contribution < -0.4 is 5.32 Å². The van der Waals surface area contributed by atoms with Gasteiger partial charge in [0.05, 0.1) is 18.2 Å². The first kappa shape index (κ1) is 16.8. The van der Waals surface area contributed by atoms with Gasteiger partial charge in [0.25, 0.3) is 5.91 Å². The standard InChI is InChI=1S/C19H26N2O3/c1-2-24-18(23)21-14-11-16(19(21)12-7-4-8-13-19)20-17(22)15-9-5-3-6-10-15/h3,5-6,9-10,16H,2,4,7-8,11-14H2,1H3,(H,20,22). The number of hydrogen-bond acceptors (Lipinski definition) is 3. The average molecular weight is 330 g/mol. The maximum absolute atomic E-state index is 12.6. The Bertz CT molecular complexity index is 582. The predicted molar refractivity (Wildman–Crippen MR) is 91.9 cm³/mol. The molecule has 24 heavy (non-hydrogen) atoms. The molecule has 1 aliphatic heterocycles. The molecule has 2 amide bonds. The summed E-state index contributed by atoms with van der Waals surface area (Å²) in [5, 5.41) is 3.19. The van der Waals surface area contributed by atoms with Crippen LogP contribution >= 0.6 is 0 Å². The van der Waals surface area contributed by atoms with Gasteiger partial charge in [-0.2, -0.15) is 0 Å². The van der Waals surface area contributed by atoms with E-state index in [1.54, 1.807) is 0 Å². The fourth-order valence-corrected chi connectivity index (χ4v) is 4.23. The number of amides is 2. The molecular weight excluding hydrogens is 304 g/mol. The molecular formula is C19H26N2O3. The second-order valence-corrected chi connectivity index (χ2v) is 6.70. The van der Waals surface area contributed by atoms with Crippen LogP contribution in [-0.2, 0) is 4.74 Å². The van der Waals surface area contributed by atoms with Gasteiger partial charge in [-0.1, -0.05) is 37.5 Å². The molecule has 1 atom stereocenters. The summed E-state index contributed by atoms with van der Waals surface area (Å²) in [6.07, 6.45) is 5.80. The molecule has 1 unspecified atom stereocenters. The Morgan fingerprint density at radius 3 is 2.58 bits per heavy atom. The van der Waals surface area contributed by atoms with Crippen LogP contribution in [0, 0.1) is 0 Å². The lowest BCUT2D eigenvalue weighted by Gasteiger charge is -2.44. The lowest BCUT2D eigenvalue weighted by molar-refractivity contribution is 0.0440. The van der Waals surface area contributed by atoms with Crippen molar-refractivity contribution < 1.29 is 14.3 Å². The van der Waals surface area contributed by atoms with Gasteiger partial charge in [-0.3, -0.25) is 4.79 Å². The van der Waals surface area contributed by atoms with Crippen LogP contribution in [0.2, 0.25) is 0 Å². The number of hydrogen-bond donors (Lipinski definition) is 1. The second kappa shape index (κ2) is 7.24. The summed E-state index contributed by atoms with van der Waals surface area (Å²) in [6, 6.07) is 9.27. The van der Waals surface area contributed by atoms with Crippen molar-refractivity contribution in [2.45, 2.75) is 57.0 Å². The average Bonchev–Trinajstić information content (AvgIpc) is 2.94. The molecule has 1 aromatic rings. The van der Waals surface area contributed by atoms with Crippen molar-refractivity contribution in [2.75, 3.05) is 13.2 Å². The zero-order chi connectivity index (χ0) is 17.0. The van der Waals surface area contributed by atoms with E-state index in [9.17, 15) is 9.59 Å². The Morgan fingerprint density at radius 1 is 1.21 bits per heavy atom. The molecule has 1 aromatic carbocycles. The Hall–Kier alpha value is -2.04. The van der Waals surface area contributed by atoms with E-state index < -0.39 is 0 Å². The molecule has 3 rings (SSSR count). The van der Waals surface area contributed by atoms with Crippen LogP contribution in [0.25, 0.3) is 0 Å². The molecule has 0 aromatic heterocycles. The fraction of sp³-hybridized carbons (Fsp3) is 0.579. The van der Waals surface area contributed by atoms with Gasteiger partial charge in [0.2, 0.25) is 0 Å². The highest BCUT2D eigenvalue weighted by Crippen LogP contribution is 2.42. The SMILES string of the molecule is CCOC(=O)N1CCC(NC(=O)c2ccccc2)C12CCCCC2. The topological polar surface area (TPSA) is 58.6 Å². The van der Waals surface area contributed by atoms with E-state index in [1.165, 1.54) is 6.42 Å². The Kier molecular flexibility index (Phi) is 5.07. The van der Waals surface area contributed by atoms with Gasteiger partial charge in [-0.15, -0.1) is 0 Å². The van der Waals surface area contributed by atoms with Crippen LogP contribution in [0.4, 0.5) is 4.79 Å². The molecule has 2 fully saturated rings. The van der Waals surface area contributed by atoms with Crippen LogP contribution in [0.1, 0.15) is 55.8 Å². The number of carbonyl (C=O) groups excluding carboxylic acids is 2. The van der Waals surface area contributed by atoms with Crippen molar-refractivity contribution in [2.24, 2.45) is 0 Å². The summed E-state index contributed by atoms with van der Waals surface area (Å²) in [6.45, 7) is 2.86. The summed E-state index contributed by atoms with van der Waals surface area (Å²) < 4.78 is 5.27. The lowest BCUT2D eigenvalue weighted by atomic mass is 9.76. The highest BCUT2D eigenvalue weighted by atomic mass is 16.6. The first-order valence-corrected chi connectivity index (χ1v) is 8.97. The van der Waals surface area contributed by atoms with E-state index in [4.69, 9.17) is 4.74 Å². The molecule has 1 saturated heterocycles. The van der Waals surface area contributed by atoms with Gasteiger partial charge in [0.1, 0.15) is 0 Å². The summed E-state index contributed by atoms with van der Waals surface area (Å²) >= 11 is 0. The summed E-state index contributed by atoms with van der Waals surface area (Å²) in [5.41, 5.74) is 0.382. The largest absolute Gasteiger partial charge is 0.450 e. The van der Waals surface area contributed by atoms with E-state index in [1.807, 2.05) is 42.2 Å². The molecule has 0 radical (unpaired) electrons. The van der Waals surface area contributed by atoms with Crippen LogP contribution in [0.5, 0.6) is 0 Å². The number of nitrogens with zero attached hydrogens (tertiary/aromatic N) is 1. The number of benzene rings is 1. The molecule has 0 bridgehead atoms. The van der Waals surface area contributed by atoms with Gasteiger partial charge < -0.3 is 15.0 Å². The molecule has 5 heteroatoms. The quantitative estimate of drug-likeness (QED) is 0.924. The second-order valence-electron chi connectivity index (χ2n) is 6.70. The summed E-state index contributed by atoms with van der Waals surface area (Å²) in [7, 11) is 0. The minimum absolute atomic E-state index is 0.00471. The van der Waals surface area contributed by atoms with Crippen molar-refractivity contribution in [1.82, 2.24) is 10.2 Å². The van der Waals surface area contributed by atoms with Crippen molar-refractivity contribution in [3.05, 3.63) is 35.9 Å². The van der Waals surface area contributed by atoms with Gasteiger partial charge in [-0.25, -0.2) is 4.79 Å². The zero-order valence-corrected chi connectivity index (χ0v) is 14.3. The van der Waals surface area contributed by atoms with E-state index in [0.29, 0.717) is 18.7 Å². The molecule has 1 spiro atoms. The molecule has 130 valence electrons. The maximum Gasteiger partial charge on any atom is 0.410 e. The molecule has 2 aliphatic rings. The third-order valence-corrected chi connectivity index (χ3v) is 5.38. The van der Waals surface area contributed by atoms with E-state index >= 15 is 0 Å². The van der Waals surface area contributed by atoms with Crippen molar-refractivity contribution in [3.8, 4) is 0 Å². The van der Waals surface area contributed by atoms with Gasteiger partial charge in [0.15, 0.2) is 0 Å². The number of nitrogens with one attached hydrogen (secondary N) is 1. The summed E-state index contributed by atoms with van der Waals surface area (Å²) in [5.74, 6) is -0.0590. The van der Waals surface area contributed by atoms with Gasteiger partial charge in [-0.05, 0) is 38.3 Å². The first-order valence-electron chi connectivity index (χ1n) is 8.97. The predicted octanol–water partition coefficient (Wildman–Crippen LogP) is 3.35. The highest BCUT2D eigenvalue weighted by molar-refractivity contribution is 5.94. The minimum atomic E-state index is -0.283. The summed E-state index contributed by atoms with van der Waals surface area (Å²) in [4.78, 5) is 26.9. The van der Waals surface area contributed by atoms with Crippen LogP contribution in [-0.4, -0.2) is 41.6 Å². The molecule has 1 heterocycles. The third-order valence-electron chi connectivity index (χ3n) is 5.38. The smallest absolute Gasteiger partial charge is 0.410 e. The monoisotopic (exact) mass is 330 g/mol. The number of likely N-dealkylation sites (tertiary alicyclic amines) is 1. The van der Waals surface area contributed by atoms with Gasteiger partial charge >= 0.3 is 6.09 Å². The number of rotatable bonds is 3. The minimum Gasteiger partial charge on any atom is -0.450 e. The number of ether oxygens (including phenoxy) is 1. The Morgan fingerprint density at radius 2 is 1.92 bits per heavy atom. The van der Waals surface area contributed by atoms with E-state index in [0.717, 1.165) is 32.1 Å². The van der Waals surface area contributed by atoms with Crippen LogP contribution in [0.15, 0.2) is 30.3 Å².